The van der Waals surface area contributed by atoms with E-state index in [1.165, 1.54) is 4.68 Å². The van der Waals surface area contributed by atoms with Crippen molar-refractivity contribution in [3.63, 3.8) is 0 Å². The fraction of sp³-hybridized carbons (Fsp3) is 0.227. The molecule has 1 aliphatic heterocycles. The van der Waals surface area contributed by atoms with Crippen LogP contribution in [0.2, 0.25) is 5.02 Å². The lowest BCUT2D eigenvalue weighted by Crippen LogP contribution is -2.47. The average molecular weight is 454 g/mol. The molecule has 0 bridgehead atoms. The van der Waals surface area contributed by atoms with Crippen LogP contribution < -0.4 is 10.5 Å². The first kappa shape index (κ1) is 20.0. The molecule has 3 heterocycles. The highest BCUT2D eigenvalue weighted by atomic mass is 35.5. The molecule has 0 atom stereocenters. The van der Waals surface area contributed by atoms with Gasteiger partial charge in [0.05, 0.1) is 29.8 Å². The van der Waals surface area contributed by atoms with Gasteiger partial charge in [-0.25, -0.2) is 0 Å². The summed E-state index contributed by atoms with van der Waals surface area (Å²) in [5.41, 5.74) is 2.83. The van der Waals surface area contributed by atoms with E-state index in [-0.39, 0.29) is 10.6 Å². The van der Waals surface area contributed by atoms with Crippen LogP contribution in [-0.2, 0) is 6.67 Å². The van der Waals surface area contributed by atoms with Crippen molar-refractivity contribution in [1.82, 2.24) is 19.2 Å². The largest absolute Gasteiger partial charge is 0.429 e. The number of oxazole rings is 1. The van der Waals surface area contributed by atoms with Crippen molar-refractivity contribution in [2.24, 2.45) is 0 Å². The van der Waals surface area contributed by atoms with Gasteiger partial charge in [0.2, 0.25) is 0 Å². The molecule has 2 aromatic heterocycles. The Morgan fingerprint density at radius 3 is 2.48 bits per heavy atom. The molecule has 1 fully saturated rings. The Kier molecular flexibility index (Phi) is 5.35. The van der Waals surface area contributed by atoms with Gasteiger partial charge in [-0.15, -0.1) is 0 Å². The fourth-order valence-corrected chi connectivity index (χ4v) is 4.37. The predicted octanol–water partition coefficient (Wildman–Crippen LogP) is 3.94. The zero-order chi connectivity index (χ0) is 21.4. The Hall–Kier alpha value is -2.94. The van der Waals surface area contributed by atoms with Gasteiger partial charge in [0, 0.05) is 26.2 Å². The third-order valence-corrected chi connectivity index (χ3v) is 6.19. The lowest BCUT2D eigenvalue weighted by molar-refractivity contribution is 0.204. The lowest BCUT2D eigenvalue weighted by atomic mass is 10.3. The number of hydrogen-bond acceptors (Lipinski definition) is 6. The van der Waals surface area contributed by atoms with E-state index in [0.717, 1.165) is 37.3 Å². The standard InChI is InChI=1S/C22H20ClN5O2S/c23-20-18(14-24-28(21(20)29)16-6-2-1-3-7-16)26-12-10-25(11-13-26)15-27-17-8-4-5-9-19(17)30-22(27)31/h1-9,14H,10-13,15H2. The molecule has 31 heavy (non-hydrogen) atoms. The van der Waals surface area contributed by atoms with Crippen LogP contribution in [0.15, 0.2) is 70.0 Å². The minimum Gasteiger partial charge on any atom is -0.429 e. The van der Waals surface area contributed by atoms with E-state index in [1.54, 1.807) is 6.20 Å². The quantitative estimate of drug-likeness (QED) is 0.436. The van der Waals surface area contributed by atoms with E-state index in [0.29, 0.717) is 22.9 Å². The number of nitrogens with zero attached hydrogens (tertiary/aromatic N) is 5. The van der Waals surface area contributed by atoms with Crippen molar-refractivity contribution < 1.29 is 4.42 Å². The van der Waals surface area contributed by atoms with Gasteiger partial charge in [0.1, 0.15) is 5.02 Å². The van der Waals surface area contributed by atoms with Gasteiger partial charge in [-0.3, -0.25) is 14.3 Å². The first-order valence-corrected chi connectivity index (χ1v) is 10.8. The fourth-order valence-electron chi connectivity index (χ4n) is 3.88. The molecule has 1 saturated heterocycles. The molecule has 5 rings (SSSR count). The lowest BCUT2D eigenvalue weighted by Gasteiger charge is -2.36. The van der Waals surface area contributed by atoms with Crippen LogP contribution in [0.3, 0.4) is 0 Å². The highest BCUT2D eigenvalue weighted by Crippen LogP contribution is 2.24. The van der Waals surface area contributed by atoms with E-state index in [1.807, 2.05) is 59.2 Å². The SMILES string of the molecule is O=c1c(Cl)c(N2CCN(Cn3c(=S)oc4ccccc43)CC2)cnn1-c1ccccc1. The van der Waals surface area contributed by atoms with E-state index in [9.17, 15) is 4.79 Å². The van der Waals surface area contributed by atoms with Crippen LogP contribution in [0.25, 0.3) is 16.8 Å². The molecule has 158 valence electrons. The number of para-hydroxylation sites is 3. The number of halogens is 1. The topological polar surface area (TPSA) is 59.4 Å². The predicted molar refractivity (Wildman–Crippen MR) is 124 cm³/mol. The Balaban J connectivity index is 1.32. The molecule has 9 heteroatoms. The van der Waals surface area contributed by atoms with Crippen molar-refractivity contribution in [2.45, 2.75) is 6.67 Å². The molecular formula is C22H20ClN5O2S. The number of benzene rings is 2. The summed E-state index contributed by atoms with van der Waals surface area (Å²) >= 11 is 11.9. The molecular weight excluding hydrogens is 434 g/mol. The highest BCUT2D eigenvalue weighted by molar-refractivity contribution is 7.71. The van der Waals surface area contributed by atoms with Crippen LogP contribution in [-0.4, -0.2) is 45.4 Å². The summed E-state index contributed by atoms with van der Waals surface area (Å²) in [4.78, 5) is 17.7. The number of piperazine rings is 1. The molecule has 7 nitrogen and oxygen atoms in total. The van der Waals surface area contributed by atoms with E-state index >= 15 is 0 Å². The maximum absolute atomic E-state index is 12.8. The smallest absolute Gasteiger partial charge is 0.292 e. The van der Waals surface area contributed by atoms with Gasteiger partial charge in [-0.2, -0.15) is 9.78 Å². The summed E-state index contributed by atoms with van der Waals surface area (Å²) in [7, 11) is 0. The monoisotopic (exact) mass is 453 g/mol. The van der Waals surface area contributed by atoms with Crippen LogP contribution in [0.1, 0.15) is 0 Å². The van der Waals surface area contributed by atoms with Crippen molar-refractivity contribution in [3.05, 3.63) is 81.0 Å². The Morgan fingerprint density at radius 2 is 1.71 bits per heavy atom. The molecule has 0 radical (unpaired) electrons. The summed E-state index contributed by atoms with van der Waals surface area (Å²) in [5.74, 6) is 0. The van der Waals surface area contributed by atoms with Crippen LogP contribution >= 0.6 is 23.8 Å². The molecule has 0 N–H and O–H groups in total. The third kappa shape index (κ3) is 3.78. The molecule has 0 unspecified atom stereocenters. The molecule has 2 aromatic carbocycles. The van der Waals surface area contributed by atoms with Crippen LogP contribution in [0.5, 0.6) is 0 Å². The number of fused-ring (bicyclic) bond motifs is 1. The first-order chi connectivity index (χ1) is 15.1. The molecule has 0 amide bonds. The highest BCUT2D eigenvalue weighted by Gasteiger charge is 2.22. The number of rotatable bonds is 4. The van der Waals surface area contributed by atoms with E-state index < -0.39 is 0 Å². The molecule has 1 aliphatic rings. The van der Waals surface area contributed by atoms with Gasteiger partial charge >= 0.3 is 0 Å². The molecule has 0 aliphatic carbocycles. The first-order valence-electron chi connectivity index (χ1n) is 10.0. The third-order valence-electron chi connectivity index (χ3n) is 5.53. The van der Waals surface area contributed by atoms with Crippen LogP contribution in [0, 0.1) is 4.84 Å². The summed E-state index contributed by atoms with van der Waals surface area (Å²) in [6.45, 7) is 3.74. The second kappa shape index (κ2) is 8.30. The minimum absolute atomic E-state index is 0.190. The van der Waals surface area contributed by atoms with E-state index in [4.69, 9.17) is 28.2 Å². The number of aromatic nitrogens is 3. The second-order valence-electron chi connectivity index (χ2n) is 7.41. The number of anilines is 1. The van der Waals surface area contributed by atoms with Crippen molar-refractivity contribution in [3.8, 4) is 5.69 Å². The Labute approximate surface area is 188 Å². The van der Waals surface area contributed by atoms with Crippen molar-refractivity contribution in [2.75, 3.05) is 31.1 Å². The van der Waals surface area contributed by atoms with Crippen molar-refractivity contribution in [1.29, 1.82) is 0 Å². The molecule has 4 aromatic rings. The summed E-state index contributed by atoms with van der Waals surface area (Å²) in [6, 6.07) is 17.1. The molecule has 0 spiro atoms. The summed E-state index contributed by atoms with van der Waals surface area (Å²) in [6.07, 6.45) is 1.67. The second-order valence-corrected chi connectivity index (χ2v) is 8.13. The van der Waals surface area contributed by atoms with Crippen LogP contribution in [0.4, 0.5) is 5.69 Å². The van der Waals surface area contributed by atoms with Gasteiger partial charge in [0.15, 0.2) is 5.58 Å². The summed E-state index contributed by atoms with van der Waals surface area (Å²) < 4.78 is 9.02. The average Bonchev–Trinajstić information content (AvgIpc) is 3.12. The van der Waals surface area contributed by atoms with E-state index in [2.05, 4.69) is 14.9 Å². The Bertz CT molecular complexity index is 1340. The zero-order valence-corrected chi connectivity index (χ0v) is 18.2. The van der Waals surface area contributed by atoms with Gasteiger partial charge < -0.3 is 9.32 Å². The summed E-state index contributed by atoms with van der Waals surface area (Å²) in [5, 5.41) is 4.53. The Morgan fingerprint density at radius 1 is 1.00 bits per heavy atom. The van der Waals surface area contributed by atoms with Gasteiger partial charge in [0.25, 0.3) is 10.4 Å². The van der Waals surface area contributed by atoms with Gasteiger partial charge in [-0.1, -0.05) is 41.9 Å². The number of hydrogen-bond donors (Lipinski definition) is 0. The normalized spacial score (nSPS) is 14.9. The molecule has 0 saturated carbocycles. The maximum Gasteiger partial charge on any atom is 0.292 e. The maximum atomic E-state index is 12.8. The minimum atomic E-state index is -0.316. The van der Waals surface area contributed by atoms with Gasteiger partial charge in [-0.05, 0) is 36.5 Å². The van der Waals surface area contributed by atoms with Crippen molar-refractivity contribution >= 4 is 40.6 Å². The zero-order valence-electron chi connectivity index (χ0n) is 16.6.